The molecule has 0 aromatic heterocycles. The van der Waals surface area contributed by atoms with E-state index in [-0.39, 0.29) is 0 Å². The summed E-state index contributed by atoms with van der Waals surface area (Å²) in [5.41, 5.74) is 4.50. The Hall–Kier alpha value is -0.823. The van der Waals surface area contributed by atoms with Gasteiger partial charge in [0.05, 0.1) is 9.52 Å². The molecule has 0 bridgehead atoms. The van der Waals surface area contributed by atoms with Crippen molar-refractivity contribution < 1.29 is 0 Å². The minimum Gasteiger partial charge on any atom is -0.0853 e. The Labute approximate surface area is 102 Å². The summed E-state index contributed by atoms with van der Waals surface area (Å²) < 4.78 is 0. The minimum atomic E-state index is 0.429. The van der Waals surface area contributed by atoms with E-state index in [4.69, 9.17) is 0 Å². The van der Waals surface area contributed by atoms with Crippen LogP contribution in [0.25, 0.3) is 0 Å². The monoisotopic (exact) mass is 228 g/mol. The molecule has 1 aliphatic carbocycles. The van der Waals surface area contributed by atoms with E-state index in [0.717, 1.165) is 9.52 Å². The van der Waals surface area contributed by atoms with Crippen LogP contribution in [0, 0.1) is 13.8 Å². The second-order valence-electron chi connectivity index (χ2n) is 5.13. The van der Waals surface area contributed by atoms with Crippen molar-refractivity contribution in [3.63, 3.8) is 0 Å². The van der Waals surface area contributed by atoms with E-state index in [1.807, 2.05) is 0 Å². The number of benzene rings is 1. The Balaban J connectivity index is 2.28. The molecule has 1 aromatic carbocycles. The molecular weight excluding hydrogens is 208 g/mol. The summed E-state index contributed by atoms with van der Waals surface area (Å²) >= 11 is 0. The summed E-state index contributed by atoms with van der Waals surface area (Å²) in [6.07, 6.45) is 5.00. The Morgan fingerprint density at radius 3 is 2.56 bits per heavy atom. The van der Waals surface area contributed by atoms with Crippen molar-refractivity contribution in [2.75, 3.05) is 0 Å². The highest BCUT2D eigenvalue weighted by molar-refractivity contribution is 6.58. The first-order chi connectivity index (χ1) is 7.53. The van der Waals surface area contributed by atoms with E-state index in [9.17, 15) is 0 Å². The quantitative estimate of drug-likeness (QED) is 0.536. The van der Waals surface area contributed by atoms with Crippen molar-refractivity contribution >= 4 is 14.7 Å². The van der Waals surface area contributed by atoms with Crippen LogP contribution in [0.15, 0.2) is 29.8 Å². The molecule has 84 valence electrons. The van der Waals surface area contributed by atoms with Gasteiger partial charge in [-0.2, -0.15) is 0 Å². The second kappa shape index (κ2) is 4.21. The fourth-order valence-electron chi connectivity index (χ4n) is 2.34. The molecule has 2 radical (unpaired) electrons. The number of aryl methyl sites for hydroxylation is 1. The van der Waals surface area contributed by atoms with Gasteiger partial charge in [-0.15, -0.1) is 0 Å². The van der Waals surface area contributed by atoms with Crippen LogP contribution in [0.2, 0.25) is 5.04 Å². The van der Waals surface area contributed by atoms with Crippen LogP contribution in [0.3, 0.4) is 0 Å². The third-order valence-corrected chi connectivity index (χ3v) is 5.99. The normalized spacial score (nSPS) is 24.6. The van der Waals surface area contributed by atoms with Gasteiger partial charge in [0.2, 0.25) is 0 Å². The molecule has 1 heteroatoms. The molecule has 0 saturated heterocycles. The molecule has 0 spiro atoms. The Morgan fingerprint density at radius 2 is 1.94 bits per heavy atom. The molecule has 0 nitrogen and oxygen atoms in total. The number of hydrogen-bond donors (Lipinski definition) is 0. The highest BCUT2D eigenvalue weighted by Crippen LogP contribution is 2.44. The van der Waals surface area contributed by atoms with Crippen molar-refractivity contribution in [2.45, 2.75) is 45.6 Å². The van der Waals surface area contributed by atoms with Crippen LogP contribution >= 0.6 is 0 Å². The predicted octanol–water partition coefficient (Wildman–Crippen LogP) is 3.55. The summed E-state index contributed by atoms with van der Waals surface area (Å²) in [6, 6.07) is 6.71. The van der Waals surface area contributed by atoms with Crippen molar-refractivity contribution in [3.8, 4) is 0 Å². The van der Waals surface area contributed by atoms with E-state index >= 15 is 0 Å². The lowest BCUT2D eigenvalue weighted by Crippen LogP contribution is -2.29. The average Bonchev–Trinajstić information content (AvgIpc) is 2.55. The predicted molar refractivity (Wildman–Crippen MR) is 72.7 cm³/mol. The van der Waals surface area contributed by atoms with Gasteiger partial charge in [0.15, 0.2) is 0 Å². The standard InChI is InChI=1S/C15H20Si/c1-11-7-5-9-14(13(11)3)16-15(4)10-6-8-12(15)2/h5,7-9H,6,10H2,1-4H3. The molecule has 0 fully saturated rings. The van der Waals surface area contributed by atoms with E-state index in [1.165, 1.54) is 24.0 Å². The van der Waals surface area contributed by atoms with Gasteiger partial charge in [-0.25, -0.2) is 0 Å². The van der Waals surface area contributed by atoms with Gasteiger partial charge < -0.3 is 0 Å². The van der Waals surface area contributed by atoms with Crippen LogP contribution in [-0.4, -0.2) is 9.52 Å². The van der Waals surface area contributed by atoms with Crippen LogP contribution in [-0.2, 0) is 0 Å². The third kappa shape index (κ3) is 2.01. The zero-order chi connectivity index (χ0) is 11.8. The number of rotatable bonds is 2. The number of hydrogen-bond acceptors (Lipinski definition) is 0. The first kappa shape index (κ1) is 11.7. The van der Waals surface area contributed by atoms with Gasteiger partial charge in [-0.3, -0.25) is 0 Å². The Kier molecular flexibility index (Phi) is 3.07. The van der Waals surface area contributed by atoms with E-state index < -0.39 is 0 Å². The van der Waals surface area contributed by atoms with Crippen LogP contribution in [0.4, 0.5) is 0 Å². The van der Waals surface area contributed by atoms with Gasteiger partial charge in [0.25, 0.3) is 0 Å². The zero-order valence-corrected chi connectivity index (χ0v) is 11.7. The highest BCUT2D eigenvalue weighted by atomic mass is 28.2. The summed E-state index contributed by atoms with van der Waals surface area (Å²) in [5, 5.41) is 1.98. The lowest BCUT2D eigenvalue weighted by molar-refractivity contribution is 0.690. The summed E-state index contributed by atoms with van der Waals surface area (Å²) in [6.45, 7) is 9.19. The Bertz CT molecular complexity index is 431. The van der Waals surface area contributed by atoms with Gasteiger partial charge in [0.1, 0.15) is 0 Å². The maximum atomic E-state index is 2.42. The first-order valence-electron chi connectivity index (χ1n) is 6.04. The van der Waals surface area contributed by atoms with Gasteiger partial charge in [0, 0.05) is 0 Å². The second-order valence-corrected chi connectivity index (χ2v) is 7.02. The molecule has 1 atom stereocenters. The minimum absolute atomic E-state index is 0.429. The molecule has 0 heterocycles. The molecule has 1 aromatic rings. The van der Waals surface area contributed by atoms with Crippen LogP contribution in [0.5, 0.6) is 0 Å². The van der Waals surface area contributed by atoms with E-state index in [0.29, 0.717) is 5.04 Å². The molecule has 1 unspecified atom stereocenters. The lowest BCUT2D eigenvalue weighted by atomic mass is 10.0. The highest BCUT2D eigenvalue weighted by Gasteiger charge is 2.31. The zero-order valence-electron chi connectivity index (χ0n) is 10.7. The fraction of sp³-hybridized carbons (Fsp3) is 0.467. The summed E-state index contributed by atoms with van der Waals surface area (Å²) in [4.78, 5) is 0. The number of allylic oxidation sites excluding steroid dienone is 2. The SMILES string of the molecule is CC1=CCCC1(C)[Si]c1cccc(C)c1C. The largest absolute Gasteiger partial charge is 0.0927 e. The van der Waals surface area contributed by atoms with Gasteiger partial charge in [-0.05, 0) is 49.8 Å². The molecular formula is C15H20Si. The van der Waals surface area contributed by atoms with Crippen molar-refractivity contribution in [2.24, 2.45) is 0 Å². The fourth-order valence-corrected chi connectivity index (χ4v) is 4.07. The average molecular weight is 228 g/mol. The smallest absolute Gasteiger partial charge is 0.0853 e. The van der Waals surface area contributed by atoms with Crippen LogP contribution in [0.1, 0.15) is 37.8 Å². The Morgan fingerprint density at radius 1 is 1.19 bits per heavy atom. The van der Waals surface area contributed by atoms with Crippen LogP contribution < -0.4 is 5.19 Å². The first-order valence-corrected chi connectivity index (χ1v) is 7.04. The molecule has 0 amide bonds. The van der Waals surface area contributed by atoms with E-state index in [2.05, 4.69) is 52.0 Å². The topological polar surface area (TPSA) is 0 Å². The summed E-state index contributed by atoms with van der Waals surface area (Å²) in [5.74, 6) is 0. The molecule has 16 heavy (non-hydrogen) atoms. The summed E-state index contributed by atoms with van der Waals surface area (Å²) in [7, 11) is 0.918. The van der Waals surface area contributed by atoms with Gasteiger partial charge >= 0.3 is 0 Å². The molecule has 2 rings (SSSR count). The third-order valence-electron chi connectivity index (χ3n) is 3.98. The van der Waals surface area contributed by atoms with Crippen molar-refractivity contribution in [1.29, 1.82) is 0 Å². The van der Waals surface area contributed by atoms with Gasteiger partial charge in [-0.1, -0.05) is 42.0 Å². The molecule has 0 N–H and O–H groups in total. The lowest BCUT2D eigenvalue weighted by Gasteiger charge is -2.26. The van der Waals surface area contributed by atoms with Crippen molar-refractivity contribution in [3.05, 3.63) is 41.0 Å². The molecule has 0 saturated carbocycles. The van der Waals surface area contributed by atoms with Crippen molar-refractivity contribution in [1.82, 2.24) is 0 Å². The maximum absolute atomic E-state index is 2.42. The van der Waals surface area contributed by atoms with E-state index in [1.54, 1.807) is 10.8 Å². The maximum Gasteiger partial charge on any atom is 0.0927 e. The molecule has 1 aliphatic rings. The molecule has 0 aliphatic heterocycles.